The Balaban J connectivity index is 0.000000466. The largest absolute Gasteiger partial charge is 2.00 e. The molecule has 0 amide bonds. The number of rotatable bonds is 12. The molecular weight excluding hydrogens is 794 g/mol. The molecule has 5 heteroatoms. The molecule has 0 spiro atoms. The van der Waals surface area contributed by atoms with Gasteiger partial charge in [0.25, 0.3) is 0 Å². The number of nitrogens with zero attached hydrogens (tertiary/aromatic N) is 2. The molecule has 0 heterocycles. The fourth-order valence-corrected chi connectivity index (χ4v) is 12.1. The SMILES string of the molecule is C[C@H]([N-]c1ccccc1[N-][C@@H](C)[C]1[CH][CH][CH][C]1P(c1ccccc1)c1ccccc1)[C]1[CH][CH][CH][C]1P(c1ccccc1)c1ccccc1.[CH]1[CH][CH][CH][CH]1.[CH]1[CH][CH][CH][CH]1.[Fe+2]. The van der Waals surface area contributed by atoms with Gasteiger partial charge in [-0.05, 0) is 152 Å². The second-order valence-corrected chi connectivity index (χ2v) is 18.1. The van der Waals surface area contributed by atoms with Crippen LogP contribution in [0.25, 0.3) is 10.6 Å². The Morgan fingerprint density at radius 1 is 0.322 bits per heavy atom. The van der Waals surface area contributed by atoms with Crippen LogP contribution in [0.1, 0.15) is 13.8 Å². The predicted octanol–water partition coefficient (Wildman–Crippen LogP) is 12.2. The summed E-state index contributed by atoms with van der Waals surface area (Å²) in [6.07, 6.45) is 33.5. The molecule has 0 aromatic heterocycles. The normalized spacial score (nSPS) is 18.4. The van der Waals surface area contributed by atoms with Crippen molar-refractivity contribution in [2.45, 2.75) is 25.9 Å². The Labute approximate surface area is 371 Å². The van der Waals surface area contributed by atoms with Gasteiger partial charge in [0.1, 0.15) is 0 Å². The second kappa shape index (κ2) is 24.5. The maximum atomic E-state index is 5.34. The minimum Gasteiger partial charge on any atom is -0.682 e. The van der Waals surface area contributed by atoms with E-state index in [2.05, 4.69) is 198 Å². The number of benzene rings is 5. The van der Waals surface area contributed by atoms with Gasteiger partial charge in [0.05, 0.1) is 0 Å². The van der Waals surface area contributed by atoms with Crippen LogP contribution < -0.4 is 21.2 Å². The van der Waals surface area contributed by atoms with Crippen LogP contribution in [-0.4, -0.2) is 12.1 Å². The second-order valence-electron chi connectivity index (χ2n) is 13.8. The quantitative estimate of drug-likeness (QED) is 0.0884. The first kappa shape index (κ1) is 45.6. The number of hydrogen-bond acceptors (Lipinski definition) is 0. The van der Waals surface area contributed by atoms with E-state index in [0.29, 0.717) is 0 Å². The fraction of sp³-hybridized carbons (Fsp3) is 0.0741. The van der Waals surface area contributed by atoms with Crippen molar-refractivity contribution in [3.63, 3.8) is 0 Å². The van der Waals surface area contributed by atoms with E-state index >= 15 is 0 Å². The summed E-state index contributed by atoms with van der Waals surface area (Å²) in [5.74, 6) is 2.54. The molecule has 4 saturated carbocycles. The van der Waals surface area contributed by atoms with Crippen LogP contribution in [0, 0.1) is 126 Å². The maximum absolute atomic E-state index is 5.34. The van der Waals surface area contributed by atoms with Crippen molar-refractivity contribution < 1.29 is 17.1 Å². The Kier molecular flexibility index (Phi) is 18.9. The Hall–Kier alpha value is -2.92. The number of hydrogen-bond donors (Lipinski definition) is 0. The molecular formula is C54H48FeN2P2. The summed E-state index contributed by atoms with van der Waals surface area (Å²) in [6, 6.07) is 51.9. The molecule has 4 aliphatic carbocycles. The molecule has 2 atom stereocenters. The summed E-state index contributed by atoms with van der Waals surface area (Å²) < 4.78 is 0. The van der Waals surface area contributed by atoms with Gasteiger partial charge in [0.2, 0.25) is 0 Å². The van der Waals surface area contributed by atoms with Gasteiger partial charge in [-0.15, -0.1) is 12.1 Å². The zero-order chi connectivity index (χ0) is 39.8. The van der Waals surface area contributed by atoms with Gasteiger partial charge in [-0.1, -0.05) is 159 Å². The summed E-state index contributed by atoms with van der Waals surface area (Å²) in [5.41, 5.74) is 4.57. The van der Waals surface area contributed by atoms with Crippen molar-refractivity contribution in [3.8, 4) is 0 Å². The molecule has 0 bridgehead atoms. The van der Waals surface area contributed by atoms with Gasteiger partial charge in [-0.3, -0.25) is 0 Å². The smallest absolute Gasteiger partial charge is 0.682 e. The van der Waals surface area contributed by atoms with E-state index in [1.807, 2.05) is 64.2 Å². The van der Waals surface area contributed by atoms with Crippen molar-refractivity contribution in [2.75, 3.05) is 0 Å². The van der Waals surface area contributed by atoms with Crippen LogP contribution in [0.3, 0.4) is 0 Å². The Morgan fingerprint density at radius 2 is 0.576 bits per heavy atom. The van der Waals surface area contributed by atoms with E-state index in [9.17, 15) is 0 Å². The van der Waals surface area contributed by atoms with E-state index in [-0.39, 0.29) is 29.2 Å². The number of para-hydroxylation sites is 2. The van der Waals surface area contributed by atoms with E-state index in [4.69, 9.17) is 10.6 Å². The summed E-state index contributed by atoms with van der Waals surface area (Å²) in [7, 11) is -1.43. The average Bonchev–Trinajstić information content (AvgIpc) is 4.14. The average molecular weight is 843 g/mol. The standard InChI is InChI=1S/C44H38N2P2.2C5H5.Fe/c1-33(39-27-17-31-43(39)47(35-19-7-3-8-20-35)36-21-9-4-10-22-36)45-41-29-15-16-30-42(41)46-34(2)40-28-18-32-44(40)48(37-23-11-5-12-24-37)38-25-13-6-14-26-38;2*1-2-4-5-3-1;/h3-34H,1-2H3;2*1-5H;/q-2;;;+2/t33-,34-;;;/m0.../s1. The van der Waals surface area contributed by atoms with E-state index in [0.717, 1.165) is 11.4 Å². The van der Waals surface area contributed by atoms with Gasteiger partial charge in [0, 0.05) is 11.3 Å². The molecule has 0 N–H and O–H groups in total. The molecule has 9 rings (SSSR count). The third-order valence-electron chi connectivity index (χ3n) is 9.75. The van der Waals surface area contributed by atoms with Crippen LogP contribution in [0.4, 0.5) is 11.4 Å². The molecule has 5 aromatic rings. The van der Waals surface area contributed by atoms with Gasteiger partial charge in [0.15, 0.2) is 0 Å². The molecule has 20 radical (unpaired) electrons. The molecule has 292 valence electrons. The van der Waals surface area contributed by atoms with Gasteiger partial charge >= 0.3 is 17.1 Å². The third-order valence-corrected chi connectivity index (χ3v) is 14.8. The first-order chi connectivity index (χ1) is 28.7. The minimum absolute atomic E-state index is 0. The minimum atomic E-state index is -0.714. The Morgan fingerprint density at radius 3 is 0.847 bits per heavy atom. The van der Waals surface area contributed by atoms with Crippen molar-refractivity contribution in [3.05, 3.63) is 282 Å². The summed E-state index contributed by atoms with van der Waals surface area (Å²) >= 11 is 0. The first-order valence-electron chi connectivity index (χ1n) is 19.8. The van der Waals surface area contributed by atoms with Crippen molar-refractivity contribution >= 4 is 48.4 Å². The zero-order valence-electron chi connectivity index (χ0n) is 33.4. The molecule has 0 aliphatic heterocycles. The third kappa shape index (κ3) is 12.8. The van der Waals surface area contributed by atoms with E-state index in [1.54, 1.807) is 0 Å². The maximum Gasteiger partial charge on any atom is 2.00 e. The van der Waals surface area contributed by atoms with Gasteiger partial charge in [-0.2, -0.15) is 11.4 Å². The molecule has 5 aromatic carbocycles. The van der Waals surface area contributed by atoms with Crippen molar-refractivity contribution in [1.82, 2.24) is 0 Å². The molecule has 59 heavy (non-hydrogen) atoms. The van der Waals surface area contributed by atoms with Crippen molar-refractivity contribution in [2.24, 2.45) is 0 Å². The van der Waals surface area contributed by atoms with Crippen LogP contribution in [-0.2, 0) is 17.1 Å². The molecule has 0 unspecified atom stereocenters. The predicted molar refractivity (Wildman–Crippen MR) is 251 cm³/mol. The topological polar surface area (TPSA) is 28.2 Å². The zero-order valence-corrected chi connectivity index (χ0v) is 36.3. The monoisotopic (exact) mass is 842 g/mol. The van der Waals surface area contributed by atoms with Gasteiger partial charge in [-0.25, -0.2) is 0 Å². The first-order valence-corrected chi connectivity index (χ1v) is 22.5. The molecule has 4 fully saturated rings. The molecule has 2 nitrogen and oxygen atoms in total. The summed E-state index contributed by atoms with van der Waals surface area (Å²) in [4.78, 5) is 0. The van der Waals surface area contributed by atoms with Crippen LogP contribution in [0.15, 0.2) is 146 Å². The van der Waals surface area contributed by atoms with Gasteiger partial charge < -0.3 is 10.6 Å². The molecule has 4 aliphatic rings. The molecule has 0 saturated heterocycles. The summed E-state index contributed by atoms with van der Waals surface area (Å²) in [5, 5.41) is 16.1. The fourth-order valence-electron chi connectivity index (χ4n) is 7.01. The van der Waals surface area contributed by atoms with E-state index in [1.165, 1.54) is 44.4 Å². The Bertz CT molecular complexity index is 1640. The van der Waals surface area contributed by atoms with Crippen LogP contribution in [0.5, 0.6) is 0 Å². The van der Waals surface area contributed by atoms with Crippen LogP contribution >= 0.6 is 15.8 Å². The van der Waals surface area contributed by atoms with E-state index < -0.39 is 15.8 Å². The van der Waals surface area contributed by atoms with Crippen molar-refractivity contribution in [1.29, 1.82) is 0 Å². The summed E-state index contributed by atoms with van der Waals surface area (Å²) in [6.45, 7) is 4.43. The van der Waals surface area contributed by atoms with Crippen LogP contribution in [0.2, 0.25) is 0 Å².